The molecule has 1 N–H and O–H groups in total. The summed E-state index contributed by atoms with van der Waals surface area (Å²) in [7, 11) is 0. The average molecular weight is 122 g/mol. The third-order valence-electron chi connectivity index (χ3n) is 0.401. The van der Waals surface area contributed by atoms with E-state index in [2.05, 4.69) is 5.16 Å². The van der Waals surface area contributed by atoms with E-state index in [4.69, 9.17) is 16.8 Å². The maximum absolute atomic E-state index is 9.59. The van der Waals surface area contributed by atoms with Crippen molar-refractivity contribution in [2.24, 2.45) is 5.16 Å². The standard InChI is InChI=1S/C3H4ClNO2/c4-1-3(2-6)5-7/h2,7H,1H2/b5-3-. The molecule has 0 aromatic carbocycles. The lowest BCUT2D eigenvalue weighted by Crippen LogP contribution is -1.99. The number of oxime groups is 1. The lowest BCUT2D eigenvalue weighted by Gasteiger charge is -1.79. The Bertz CT molecular complexity index is 90.9. The van der Waals surface area contributed by atoms with Gasteiger partial charge in [0.2, 0.25) is 0 Å². The molecule has 0 saturated carbocycles. The number of alkyl halides is 1. The zero-order valence-electron chi connectivity index (χ0n) is 3.47. The van der Waals surface area contributed by atoms with Crippen LogP contribution in [0.2, 0.25) is 0 Å². The Labute approximate surface area is 45.6 Å². The first-order chi connectivity index (χ1) is 3.35. The summed E-state index contributed by atoms with van der Waals surface area (Å²) < 4.78 is 0. The van der Waals surface area contributed by atoms with Crippen LogP contribution in [-0.2, 0) is 4.79 Å². The summed E-state index contributed by atoms with van der Waals surface area (Å²) in [6, 6.07) is 0. The van der Waals surface area contributed by atoms with Crippen LogP contribution in [-0.4, -0.2) is 23.1 Å². The van der Waals surface area contributed by atoms with Crippen molar-refractivity contribution in [3.63, 3.8) is 0 Å². The summed E-state index contributed by atoms with van der Waals surface area (Å²) in [6.07, 6.45) is 0.396. The smallest absolute Gasteiger partial charge is 0.168 e. The normalized spacial score (nSPS) is 11.3. The number of carbonyl (C=O) groups is 1. The van der Waals surface area contributed by atoms with Crippen LogP contribution in [0.1, 0.15) is 0 Å². The van der Waals surface area contributed by atoms with E-state index >= 15 is 0 Å². The van der Waals surface area contributed by atoms with Crippen LogP contribution in [0.15, 0.2) is 5.16 Å². The molecule has 0 aromatic rings. The number of nitrogens with zero attached hydrogens (tertiary/aromatic N) is 1. The molecule has 0 amide bonds. The molecule has 3 nitrogen and oxygen atoms in total. The van der Waals surface area contributed by atoms with E-state index in [0.29, 0.717) is 6.29 Å². The number of hydrogen-bond acceptors (Lipinski definition) is 3. The first kappa shape index (κ1) is 6.43. The van der Waals surface area contributed by atoms with Crippen molar-refractivity contribution >= 4 is 23.6 Å². The minimum absolute atomic E-state index is 0.0417. The molecule has 0 aromatic heterocycles. The number of carbonyl (C=O) groups excluding carboxylic acids is 1. The molecule has 0 rings (SSSR count). The molecule has 0 bridgehead atoms. The van der Waals surface area contributed by atoms with Crippen molar-refractivity contribution in [1.82, 2.24) is 0 Å². The third-order valence-corrected chi connectivity index (χ3v) is 0.675. The van der Waals surface area contributed by atoms with Crippen molar-refractivity contribution in [1.29, 1.82) is 0 Å². The monoisotopic (exact) mass is 121 g/mol. The Kier molecular flexibility index (Phi) is 3.32. The maximum Gasteiger partial charge on any atom is 0.168 e. The summed E-state index contributed by atoms with van der Waals surface area (Å²) >= 11 is 5.05. The van der Waals surface area contributed by atoms with Crippen LogP contribution in [0.3, 0.4) is 0 Å². The summed E-state index contributed by atoms with van der Waals surface area (Å²) in [6.45, 7) is 0. The quantitative estimate of drug-likeness (QED) is 0.187. The highest BCUT2D eigenvalue weighted by Crippen LogP contribution is 1.75. The summed E-state index contributed by atoms with van der Waals surface area (Å²) in [5, 5.41) is 10.3. The molecule has 0 aliphatic heterocycles. The molecular formula is C3H4ClNO2. The number of rotatable bonds is 2. The molecule has 0 spiro atoms. The topological polar surface area (TPSA) is 49.7 Å². The van der Waals surface area contributed by atoms with Gasteiger partial charge in [-0.3, -0.25) is 4.79 Å². The summed E-state index contributed by atoms with van der Waals surface area (Å²) in [4.78, 5) is 9.59. The number of aldehydes is 1. The molecule has 40 valence electrons. The van der Waals surface area contributed by atoms with Gasteiger partial charge in [-0.05, 0) is 0 Å². The Hall–Kier alpha value is -0.570. The van der Waals surface area contributed by atoms with Crippen LogP contribution in [0.5, 0.6) is 0 Å². The zero-order valence-corrected chi connectivity index (χ0v) is 4.22. The molecule has 0 unspecified atom stereocenters. The van der Waals surface area contributed by atoms with Crippen molar-refractivity contribution in [3.05, 3.63) is 0 Å². The largest absolute Gasteiger partial charge is 0.411 e. The van der Waals surface area contributed by atoms with Crippen LogP contribution < -0.4 is 0 Å². The molecule has 0 fully saturated rings. The predicted molar refractivity (Wildman–Crippen MR) is 26.0 cm³/mol. The molecule has 0 aliphatic rings. The van der Waals surface area contributed by atoms with Gasteiger partial charge in [-0.2, -0.15) is 0 Å². The fourth-order valence-electron chi connectivity index (χ4n) is 0.0818. The molecule has 0 radical (unpaired) electrons. The number of halogens is 1. The van der Waals surface area contributed by atoms with Crippen LogP contribution in [0.4, 0.5) is 0 Å². The molecule has 0 atom stereocenters. The van der Waals surface area contributed by atoms with Crippen LogP contribution in [0.25, 0.3) is 0 Å². The second-order valence-electron chi connectivity index (χ2n) is 0.843. The lowest BCUT2D eigenvalue weighted by molar-refractivity contribution is -0.102. The van der Waals surface area contributed by atoms with Crippen molar-refractivity contribution in [2.75, 3.05) is 5.88 Å². The molecule has 7 heavy (non-hydrogen) atoms. The maximum atomic E-state index is 9.59. The Morgan fingerprint density at radius 3 is 2.57 bits per heavy atom. The Morgan fingerprint density at radius 1 is 2.00 bits per heavy atom. The minimum Gasteiger partial charge on any atom is -0.411 e. The van der Waals surface area contributed by atoms with E-state index in [0.717, 1.165) is 0 Å². The lowest BCUT2D eigenvalue weighted by atomic mass is 10.5. The van der Waals surface area contributed by atoms with E-state index in [1.54, 1.807) is 0 Å². The van der Waals surface area contributed by atoms with Crippen LogP contribution in [0, 0.1) is 0 Å². The second kappa shape index (κ2) is 3.61. The summed E-state index contributed by atoms with van der Waals surface area (Å²) in [5.74, 6) is -0.0417. The fourth-order valence-corrected chi connectivity index (χ4v) is 0.198. The van der Waals surface area contributed by atoms with Crippen molar-refractivity contribution < 1.29 is 10.0 Å². The number of hydrogen-bond donors (Lipinski definition) is 1. The van der Waals surface area contributed by atoms with E-state index in [9.17, 15) is 4.79 Å². The van der Waals surface area contributed by atoms with Gasteiger partial charge in [-0.1, -0.05) is 5.16 Å². The van der Waals surface area contributed by atoms with E-state index in [1.807, 2.05) is 0 Å². The van der Waals surface area contributed by atoms with E-state index < -0.39 is 0 Å². The SMILES string of the molecule is O=C/C(CCl)=N\O. The van der Waals surface area contributed by atoms with Gasteiger partial charge in [0.15, 0.2) is 6.29 Å². The van der Waals surface area contributed by atoms with Crippen molar-refractivity contribution in [2.45, 2.75) is 0 Å². The predicted octanol–water partition coefficient (Wildman–Crippen LogP) is 0.254. The molecular weight excluding hydrogens is 117 g/mol. The van der Waals surface area contributed by atoms with E-state index in [1.165, 1.54) is 0 Å². The highest BCUT2D eigenvalue weighted by molar-refractivity contribution is 6.42. The van der Waals surface area contributed by atoms with Crippen LogP contribution >= 0.6 is 11.6 Å². The van der Waals surface area contributed by atoms with E-state index in [-0.39, 0.29) is 11.6 Å². The van der Waals surface area contributed by atoms with Crippen molar-refractivity contribution in [3.8, 4) is 0 Å². The van der Waals surface area contributed by atoms with Gasteiger partial charge in [0.1, 0.15) is 5.71 Å². The van der Waals surface area contributed by atoms with Gasteiger partial charge < -0.3 is 5.21 Å². The average Bonchev–Trinajstić information content (AvgIpc) is 1.72. The van der Waals surface area contributed by atoms with Gasteiger partial charge in [0.05, 0.1) is 5.88 Å². The van der Waals surface area contributed by atoms with Gasteiger partial charge in [0.25, 0.3) is 0 Å². The molecule has 4 heteroatoms. The Balaban J connectivity index is 3.60. The highest BCUT2D eigenvalue weighted by atomic mass is 35.5. The van der Waals surface area contributed by atoms with Gasteiger partial charge in [0, 0.05) is 0 Å². The van der Waals surface area contributed by atoms with Gasteiger partial charge >= 0.3 is 0 Å². The Morgan fingerprint density at radius 2 is 2.57 bits per heavy atom. The third kappa shape index (κ3) is 2.17. The summed E-state index contributed by atoms with van der Waals surface area (Å²) in [5.41, 5.74) is -0.0540. The molecule has 0 heterocycles. The fraction of sp³-hybridized carbons (Fsp3) is 0.333. The van der Waals surface area contributed by atoms with Gasteiger partial charge in [-0.25, -0.2) is 0 Å². The zero-order chi connectivity index (χ0) is 5.70. The molecule has 0 saturated heterocycles. The second-order valence-corrected chi connectivity index (χ2v) is 1.11. The minimum atomic E-state index is -0.0540. The first-order valence-corrected chi connectivity index (χ1v) is 2.10. The molecule has 0 aliphatic carbocycles. The first-order valence-electron chi connectivity index (χ1n) is 1.57. The van der Waals surface area contributed by atoms with Gasteiger partial charge in [-0.15, -0.1) is 11.6 Å². The highest BCUT2D eigenvalue weighted by Gasteiger charge is 1.89.